The van der Waals surface area contributed by atoms with E-state index in [9.17, 15) is 0 Å². The van der Waals surface area contributed by atoms with Crippen LogP contribution < -0.4 is 5.32 Å². The number of aryl methyl sites for hydroxylation is 1. The minimum atomic E-state index is 0.380. The van der Waals surface area contributed by atoms with Gasteiger partial charge in [-0.2, -0.15) is 0 Å². The highest BCUT2D eigenvalue weighted by molar-refractivity contribution is 14.1. The van der Waals surface area contributed by atoms with E-state index in [-0.39, 0.29) is 0 Å². The summed E-state index contributed by atoms with van der Waals surface area (Å²) in [5.74, 6) is 2.12. The fourth-order valence-corrected chi connectivity index (χ4v) is 3.13. The molecule has 0 amide bonds. The Labute approximate surface area is 134 Å². The summed E-state index contributed by atoms with van der Waals surface area (Å²) in [5, 5.41) is 3.34. The number of anilines is 1. The molecule has 20 heavy (non-hydrogen) atoms. The first-order chi connectivity index (χ1) is 9.54. The standard InChI is InChI=1S/C16H20IN3/c1-5-18-16-13(17)14(10(2)3)19-15(20-16)12-9-7-6-8-11(12)4/h6-10H,5H2,1-4H3,(H,18,19,20). The van der Waals surface area contributed by atoms with Gasteiger partial charge in [0.25, 0.3) is 0 Å². The van der Waals surface area contributed by atoms with Crippen molar-refractivity contribution in [1.82, 2.24) is 9.97 Å². The number of hydrogen-bond acceptors (Lipinski definition) is 3. The first-order valence-corrected chi connectivity index (χ1v) is 7.99. The van der Waals surface area contributed by atoms with Gasteiger partial charge in [0.05, 0.1) is 9.26 Å². The van der Waals surface area contributed by atoms with Crippen molar-refractivity contribution in [1.29, 1.82) is 0 Å². The highest BCUT2D eigenvalue weighted by atomic mass is 127. The second kappa shape index (κ2) is 6.52. The Kier molecular flexibility index (Phi) is 4.96. The average Bonchev–Trinajstić information content (AvgIpc) is 2.41. The summed E-state index contributed by atoms with van der Waals surface area (Å²) in [4.78, 5) is 9.49. The van der Waals surface area contributed by atoms with Crippen molar-refractivity contribution < 1.29 is 0 Å². The quantitative estimate of drug-likeness (QED) is 0.786. The minimum absolute atomic E-state index is 0.380. The summed E-state index contributed by atoms with van der Waals surface area (Å²) in [5.41, 5.74) is 3.41. The van der Waals surface area contributed by atoms with E-state index in [1.165, 1.54) is 5.56 Å². The molecule has 1 N–H and O–H groups in total. The summed E-state index contributed by atoms with van der Waals surface area (Å²) in [6.07, 6.45) is 0. The zero-order valence-corrected chi connectivity index (χ0v) is 14.5. The van der Waals surface area contributed by atoms with Gasteiger partial charge in [0.1, 0.15) is 5.82 Å². The van der Waals surface area contributed by atoms with Crippen molar-refractivity contribution in [3.05, 3.63) is 39.1 Å². The second-order valence-corrected chi connectivity index (χ2v) is 6.17. The van der Waals surface area contributed by atoms with Gasteiger partial charge >= 0.3 is 0 Å². The van der Waals surface area contributed by atoms with Crippen LogP contribution in [0.4, 0.5) is 5.82 Å². The van der Waals surface area contributed by atoms with Crippen molar-refractivity contribution in [2.24, 2.45) is 0 Å². The fraction of sp³-hybridized carbons (Fsp3) is 0.375. The van der Waals surface area contributed by atoms with Crippen molar-refractivity contribution >= 4 is 28.4 Å². The molecule has 0 aliphatic heterocycles. The second-order valence-electron chi connectivity index (χ2n) is 5.09. The third kappa shape index (κ3) is 3.11. The molecule has 0 spiro atoms. The molecule has 2 rings (SSSR count). The first kappa shape index (κ1) is 15.2. The number of benzene rings is 1. The molecular weight excluding hydrogens is 361 g/mol. The zero-order chi connectivity index (χ0) is 14.7. The van der Waals surface area contributed by atoms with Crippen molar-refractivity contribution in [2.75, 3.05) is 11.9 Å². The molecule has 1 aromatic carbocycles. The summed E-state index contributed by atoms with van der Waals surface area (Å²) in [6.45, 7) is 9.38. The van der Waals surface area contributed by atoms with Crippen LogP contribution in [0.3, 0.4) is 0 Å². The molecule has 1 aromatic heterocycles. The van der Waals surface area contributed by atoms with Crippen LogP contribution >= 0.6 is 22.6 Å². The van der Waals surface area contributed by atoms with E-state index in [2.05, 4.69) is 67.7 Å². The van der Waals surface area contributed by atoms with Gasteiger partial charge in [0.2, 0.25) is 0 Å². The molecule has 0 bridgehead atoms. The molecule has 1 heterocycles. The monoisotopic (exact) mass is 381 g/mol. The van der Waals surface area contributed by atoms with Crippen LogP contribution in [0, 0.1) is 10.5 Å². The van der Waals surface area contributed by atoms with Gasteiger partial charge in [-0.3, -0.25) is 0 Å². The normalized spacial score (nSPS) is 10.9. The van der Waals surface area contributed by atoms with Crippen molar-refractivity contribution in [2.45, 2.75) is 33.6 Å². The molecule has 0 unspecified atom stereocenters. The Bertz CT molecular complexity index is 609. The Morgan fingerprint density at radius 1 is 1.20 bits per heavy atom. The van der Waals surface area contributed by atoms with E-state index in [1.807, 2.05) is 12.1 Å². The van der Waals surface area contributed by atoms with Crippen LogP contribution in [-0.4, -0.2) is 16.5 Å². The van der Waals surface area contributed by atoms with Crippen LogP contribution in [0.1, 0.15) is 37.9 Å². The van der Waals surface area contributed by atoms with E-state index >= 15 is 0 Å². The third-order valence-electron chi connectivity index (χ3n) is 3.15. The van der Waals surface area contributed by atoms with E-state index in [0.717, 1.165) is 33.0 Å². The topological polar surface area (TPSA) is 37.8 Å². The Morgan fingerprint density at radius 2 is 1.90 bits per heavy atom. The van der Waals surface area contributed by atoms with Crippen molar-refractivity contribution in [3.63, 3.8) is 0 Å². The fourth-order valence-electron chi connectivity index (χ4n) is 2.08. The van der Waals surface area contributed by atoms with Crippen LogP contribution in [0.5, 0.6) is 0 Å². The lowest BCUT2D eigenvalue weighted by atomic mass is 10.1. The number of nitrogens with one attached hydrogen (secondary N) is 1. The zero-order valence-electron chi connectivity index (χ0n) is 12.4. The molecule has 106 valence electrons. The molecule has 4 heteroatoms. The number of aromatic nitrogens is 2. The predicted molar refractivity (Wildman–Crippen MR) is 93.2 cm³/mol. The van der Waals surface area contributed by atoms with Gasteiger partial charge < -0.3 is 5.32 Å². The SMILES string of the molecule is CCNc1nc(-c2ccccc2C)nc(C(C)C)c1I. The van der Waals surface area contributed by atoms with Crippen LogP contribution in [0.15, 0.2) is 24.3 Å². The highest BCUT2D eigenvalue weighted by Gasteiger charge is 2.16. The maximum Gasteiger partial charge on any atom is 0.162 e. The highest BCUT2D eigenvalue weighted by Crippen LogP contribution is 2.29. The summed E-state index contributed by atoms with van der Waals surface area (Å²) in [6, 6.07) is 8.25. The molecule has 0 fully saturated rings. The summed E-state index contributed by atoms with van der Waals surface area (Å²) >= 11 is 2.34. The van der Waals surface area contributed by atoms with Gasteiger partial charge in [0, 0.05) is 12.1 Å². The van der Waals surface area contributed by atoms with Gasteiger partial charge in [-0.05, 0) is 47.9 Å². The summed E-state index contributed by atoms with van der Waals surface area (Å²) < 4.78 is 1.12. The number of hydrogen-bond donors (Lipinski definition) is 1. The van der Waals surface area contributed by atoms with E-state index < -0.39 is 0 Å². The van der Waals surface area contributed by atoms with Gasteiger partial charge in [-0.15, -0.1) is 0 Å². The Morgan fingerprint density at radius 3 is 2.50 bits per heavy atom. The van der Waals surface area contributed by atoms with Crippen LogP contribution in [0.2, 0.25) is 0 Å². The number of rotatable bonds is 4. The van der Waals surface area contributed by atoms with Gasteiger partial charge in [-0.1, -0.05) is 38.1 Å². The molecule has 0 saturated heterocycles. The van der Waals surface area contributed by atoms with Gasteiger partial charge in [0.15, 0.2) is 5.82 Å². The Hall–Kier alpha value is -1.17. The molecule has 0 atom stereocenters. The van der Waals surface area contributed by atoms with E-state index in [4.69, 9.17) is 9.97 Å². The number of halogens is 1. The lowest BCUT2D eigenvalue weighted by Crippen LogP contribution is -2.09. The molecule has 0 saturated carbocycles. The maximum absolute atomic E-state index is 4.79. The van der Waals surface area contributed by atoms with Crippen LogP contribution in [-0.2, 0) is 0 Å². The summed E-state index contributed by atoms with van der Waals surface area (Å²) in [7, 11) is 0. The molecule has 0 aliphatic rings. The molecule has 2 aromatic rings. The lowest BCUT2D eigenvalue weighted by molar-refractivity contribution is 0.808. The molecule has 0 aliphatic carbocycles. The maximum atomic E-state index is 4.79. The van der Waals surface area contributed by atoms with Crippen LogP contribution in [0.25, 0.3) is 11.4 Å². The van der Waals surface area contributed by atoms with E-state index in [1.54, 1.807) is 0 Å². The minimum Gasteiger partial charge on any atom is -0.369 e. The molecule has 3 nitrogen and oxygen atoms in total. The Balaban J connectivity index is 2.62. The molecule has 0 radical (unpaired) electrons. The molecular formula is C16H20IN3. The lowest BCUT2D eigenvalue weighted by Gasteiger charge is -2.15. The third-order valence-corrected chi connectivity index (χ3v) is 4.22. The first-order valence-electron chi connectivity index (χ1n) is 6.91. The predicted octanol–water partition coefficient (Wildman–Crippen LogP) is 4.61. The average molecular weight is 381 g/mol. The largest absolute Gasteiger partial charge is 0.369 e. The van der Waals surface area contributed by atoms with Gasteiger partial charge in [-0.25, -0.2) is 9.97 Å². The van der Waals surface area contributed by atoms with E-state index in [0.29, 0.717) is 5.92 Å². The number of nitrogens with zero attached hydrogens (tertiary/aromatic N) is 2. The smallest absolute Gasteiger partial charge is 0.162 e. The van der Waals surface area contributed by atoms with Crippen molar-refractivity contribution in [3.8, 4) is 11.4 Å².